The molecule has 24 heavy (non-hydrogen) atoms. The zero-order valence-corrected chi connectivity index (χ0v) is 15.0. The lowest BCUT2D eigenvalue weighted by molar-refractivity contribution is -0.131. The first-order chi connectivity index (χ1) is 11.6. The third kappa shape index (κ3) is 3.31. The van der Waals surface area contributed by atoms with Gasteiger partial charge in [0.2, 0.25) is 5.91 Å². The maximum Gasteiger partial charge on any atom is 0.224 e. The lowest BCUT2D eigenvalue weighted by Gasteiger charge is -2.22. The van der Waals surface area contributed by atoms with E-state index < -0.39 is 0 Å². The van der Waals surface area contributed by atoms with Gasteiger partial charge in [0.25, 0.3) is 0 Å². The molecular weight excluding hydrogens is 300 g/mol. The molecule has 0 spiro atoms. The van der Waals surface area contributed by atoms with E-state index in [0.29, 0.717) is 19.0 Å². The highest BCUT2D eigenvalue weighted by atomic mass is 16.2. The summed E-state index contributed by atoms with van der Waals surface area (Å²) in [4.78, 5) is 19.1. The predicted molar refractivity (Wildman–Crippen MR) is 96.9 cm³/mol. The van der Waals surface area contributed by atoms with Crippen molar-refractivity contribution in [2.24, 2.45) is 0 Å². The molecule has 5 nitrogen and oxygen atoms in total. The van der Waals surface area contributed by atoms with Crippen LogP contribution in [-0.4, -0.2) is 39.5 Å². The van der Waals surface area contributed by atoms with E-state index in [1.165, 1.54) is 5.52 Å². The minimum Gasteiger partial charge on any atom is -0.340 e. The second kappa shape index (κ2) is 7.34. The number of amides is 1. The van der Waals surface area contributed by atoms with Crippen LogP contribution in [0.1, 0.15) is 51.9 Å². The van der Waals surface area contributed by atoms with E-state index in [4.69, 9.17) is 4.98 Å². The maximum atomic E-state index is 12.3. The minimum atomic E-state index is 0.126. The Hall–Kier alpha value is -1.88. The highest BCUT2D eigenvalue weighted by Crippen LogP contribution is 2.21. The lowest BCUT2D eigenvalue weighted by Crippen LogP contribution is -2.36. The number of nitrogens with zero attached hydrogens (tertiary/aromatic N) is 3. The number of carbonyl (C=O) groups excluding carboxylic acids is 1. The molecule has 1 saturated heterocycles. The van der Waals surface area contributed by atoms with E-state index >= 15 is 0 Å². The van der Waals surface area contributed by atoms with Crippen LogP contribution in [0.2, 0.25) is 0 Å². The molecule has 0 unspecified atom stereocenters. The van der Waals surface area contributed by atoms with Gasteiger partial charge in [-0.2, -0.15) is 0 Å². The van der Waals surface area contributed by atoms with E-state index in [-0.39, 0.29) is 11.9 Å². The van der Waals surface area contributed by atoms with Crippen LogP contribution < -0.4 is 5.32 Å². The molecule has 2 heterocycles. The molecule has 0 aliphatic carbocycles. The average Bonchev–Trinajstić information content (AvgIpc) is 3.17. The molecule has 3 rings (SSSR count). The minimum absolute atomic E-state index is 0.126. The molecular formula is C19H28N4O. The van der Waals surface area contributed by atoms with Gasteiger partial charge >= 0.3 is 0 Å². The molecule has 1 aromatic carbocycles. The molecule has 130 valence electrons. The number of hydrogen-bond acceptors (Lipinski definition) is 3. The lowest BCUT2D eigenvalue weighted by atomic mass is 10.2. The number of nitrogens with one attached hydrogen (secondary N) is 1. The Morgan fingerprint density at radius 3 is 2.92 bits per heavy atom. The number of likely N-dealkylation sites (tertiary alicyclic amines) is 1. The summed E-state index contributed by atoms with van der Waals surface area (Å²) in [5.41, 5.74) is 2.20. The Kier molecular flexibility index (Phi) is 5.19. The van der Waals surface area contributed by atoms with E-state index in [9.17, 15) is 4.79 Å². The Balaban J connectivity index is 1.61. The fraction of sp³-hybridized carbons (Fsp3) is 0.579. The fourth-order valence-electron chi connectivity index (χ4n) is 3.69. The van der Waals surface area contributed by atoms with E-state index in [0.717, 1.165) is 37.3 Å². The topological polar surface area (TPSA) is 50.2 Å². The second-order valence-electron chi connectivity index (χ2n) is 6.71. The van der Waals surface area contributed by atoms with Gasteiger partial charge < -0.3 is 14.8 Å². The van der Waals surface area contributed by atoms with Gasteiger partial charge in [0, 0.05) is 32.1 Å². The van der Waals surface area contributed by atoms with Gasteiger partial charge in [-0.15, -0.1) is 0 Å². The van der Waals surface area contributed by atoms with Crippen molar-refractivity contribution in [2.45, 2.75) is 58.7 Å². The summed E-state index contributed by atoms with van der Waals surface area (Å²) in [7, 11) is 0. The zero-order valence-electron chi connectivity index (χ0n) is 15.0. The number of aryl methyl sites for hydroxylation is 1. The SMILES string of the molecule is CCn1c([C@H](C)NCCC(=O)N2CCC[C@@H]2C)nc2ccccc21. The molecule has 1 aromatic heterocycles. The van der Waals surface area contributed by atoms with Crippen molar-refractivity contribution in [3.63, 3.8) is 0 Å². The van der Waals surface area contributed by atoms with Gasteiger partial charge in [-0.1, -0.05) is 12.1 Å². The van der Waals surface area contributed by atoms with Crippen LogP contribution in [0.15, 0.2) is 24.3 Å². The van der Waals surface area contributed by atoms with Gasteiger partial charge in [-0.25, -0.2) is 4.98 Å². The van der Waals surface area contributed by atoms with E-state index in [1.54, 1.807) is 0 Å². The van der Waals surface area contributed by atoms with Crippen LogP contribution >= 0.6 is 0 Å². The van der Waals surface area contributed by atoms with E-state index in [2.05, 4.69) is 42.8 Å². The third-order valence-electron chi connectivity index (χ3n) is 5.05. The summed E-state index contributed by atoms with van der Waals surface area (Å²) in [5, 5.41) is 3.47. The number of aromatic nitrogens is 2. The number of para-hydroxylation sites is 2. The van der Waals surface area contributed by atoms with Crippen LogP contribution in [-0.2, 0) is 11.3 Å². The highest BCUT2D eigenvalue weighted by Gasteiger charge is 2.24. The van der Waals surface area contributed by atoms with Gasteiger partial charge in [0.05, 0.1) is 17.1 Å². The molecule has 2 atom stereocenters. The normalized spacial score (nSPS) is 19.1. The van der Waals surface area contributed by atoms with E-state index in [1.807, 2.05) is 17.0 Å². The first-order valence-electron chi connectivity index (χ1n) is 9.09. The molecule has 0 bridgehead atoms. The van der Waals surface area contributed by atoms with Crippen LogP contribution in [0.3, 0.4) is 0 Å². The molecule has 2 aromatic rings. The number of carbonyl (C=O) groups is 1. The number of imidazole rings is 1. The van der Waals surface area contributed by atoms with Crippen LogP contribution in [0, 0.1) is 0 Å². The maximum absolute atomic E-state index is 12.3. The molecule has 0 radical (unpaired) electrons. The van der Waals surface area contributed by atoms with Crippen molar-refractivity contribution in [2.75, 3.05) is 13.1 Å². The summed E-state index contributed by atoms with van der Waals surface area (Å²) in [5.74, 6) is 1.31. The Morgan fingerprint density at radius 2 is 2.21 bits per heavy atom. The van der Waals surface area contributed by atoms with Gasteiger partial charge in [-0.05, 0) is 45.7 Å². The van der Waals surface area contributed by atoms with Crippen molar-refractivity contribution < 1.29 is 4.79 Å². The van der Waals surface area contributed by atoms with Crippen LogP contribution in [0.4, 0.5) is 0 Å². The number of hydrogen-bond donors (Lipinski definition) is 1. The monoisotopic (exact) mass is 328 g/mol. The number of fused-ring (bicyclic) bond motifs is 1. The van der Waals surface area contributed by atoms with Gasteiger partial charge in [-0.3, -0.25) is 4.79 Å². The van der Waals surface area contributed by atoms with Gasteiger partial charge in [0.15, 0.2) is 0 Å². The van der Waals surface area contributed by atoms with Crippen molar-refractivity contribution in [1.29, 1.82) is 0 Å². The zero-order chi connectivity index (χ0) is 17.1. The first kappa shape index (κ1) is 17.0. The Morgan fingerprint density at radius 1 is 1.42 bits per heavy atom. The summed E-state index contributed by atoms with van der Waals surface area (Å²) >= 11 is 0. The van der Waals surface area contributed by atoms with Crippen molar-refractivity contribution in [3.05, 3.63) is 30.1 Å². The Labute approximate surface area is 144 Å². The summed E-state index contributed by atoms with van der Waals surface area (Å²) in [6.07, 6.45) is 2.83. The van der Waals surface area contributed by atoms with Gasteiger partial charge in [0.1, 0.15) is 5.82 Å². The third-order valence-corrected chi connectivity index (χ3v) is 5.05. The molecule has 1 aliphatic rings. The largest absolute Gasteiger partial charge is 0.340 e. The summed E-state index contributed by atoms with van der Waals surface area (Å²) in [6, 6.07) is 8.76. The predicted octanol–water partition coefficient (Wildman–Crippen LogP) is 3.11. The smallest absolute Gasteiger partial charge is 0.224 e. The second-order valence-corrected chi connectivity index (χ2v) is 6.71. The van der Waals surface area contributed by atoms with Crippen molar-refractivity contribution in [3.8, 4) is 0 Å². The van der Waals surface area contributed by atoms with Crippen LogP contribution in [0.25, 0.3) is 11.0 Å². The van der Waals surface area contributed by atoms with Crippen LogP contribution in [0.5, 0.6) is 0 Å². The summed E-state index contributed by atoms with van der Waals surface area (Å²) < 4.78 is 2.25. The summed E-state index contributed by atoms with van der Waals surface area (Å²) in [6.45, 7) is 8.91. The molecule has 1 N–H and O–H groups in total. The quantitative estimate of drug-likeness (QED) is 0.886. The number of benzene rings is 1. The molecule has 1 amide bonds. The molecule has 1 aliphatic heterocycles. The van der Waals surface area contributed by atoms with Crippen molar-refractivity contribution >= 4 is 16.9 Å². The fourth-order valence-corrected chi connectivity index (χ4v) is 3.69. The molecule has 5 heteroatoms. The number of rotatable bonds is 6. The highest BCUT2D eigenvalue weighted by molar-refractivity contribution is 5.77. The standard InChI is InChI=1S/C19H28N4O/c1-4-22-17-10-6-5-9-16(17)21-19(22)15(3)20-12-11-18(24)23-13-7-8-14(23)2/h5-6,9-10,14-15,20H,4,7-8,11-13H2,1-3H3/t14-,15-/m0/s1. The average molecular weight is 328 g/mol. The Bertz CT molecular complexity index is 708. The first-order valence-corrected chi connectivity index (χ1v) is 9.09. The van der Waals surface area contributed by atoms with Crippen molar-refractivity contribution in [1.82, 2.24) is 19.8 Å². The molecule has 0 saturated carbocycles. The molecule has 1 fully saturated rings.